The fraction of sp³-hybridized carbons (Fsp3) is 0.0500. The summed E-state index contributed by atoms with van der Waals surface area (Å²) in [4.78, 5) is 17.0. The van der Waals surface area contributed by atoms with Crippen LogP contribution in [0.2, 0.25) is 5.02 Å². The van der Waals surface area contributed by atoms with Crippen molar-refractivity contribution in [3.8, 4) is 0 Å². The number of thioether (sulfide) groups is 1. The molecule has 0 saturated heterocycles. The summed E-state index contributed by atoms with van der Waals surface area (Å²) in [5.74, 6) is 0.634. The number of hydrogen-bond donors (Lipinski definition) is 3. The van der Waals surface area contributed by atoms with E-state index in [1.807, 2.05) is 54.6 Å². The van der Waals surface area contributed by atoms with Crippen LogP contribution in [0.25, 0.3) is 0 Å². The highest BCUT2D eigenvalue weighted by atomic mass is 35.5. The SMILES string of the molecule is O=C(CSc1ccc(NC(=S)Nc2ccccc2)cc1)Nc1ccc(Cl)cn1. The Labute approximate surface area is 177 Å². The predicted molar refractivity (Wildman–Crippen MR) is 121 cm³/mol. The van der Waals surface area contributed by atoms with Crippen molar-refractivity contribution in [1.82, 2.24) is 4.98 Å². The van der Waals surface area contributed by atoms with Crippen molar-refractivity contribution in [2.24, 2.45) is 0 Å². The van der Waals surface area contributed by atoms with E-state index in [-0.39, 0.29) is 11.7 Å². The summed E-state index contributed by atoms with van der Waals surface area (Å²) in [5.41, 5.74) is 1.79. The van der Waals surface area contributed by atoms with Crippen LogP contribution in [0.4, 0.5) is 17.2 Å². The number of anilines is 3. The lowest BCUT2D eigenvalue weighted by Crippen LogP contribution is -2.18. The maximum atomic E-state index is 12.0. The van der Waals surface area contributed by atoms with Crippen molar-refractivity contribution in [3.63, 3.8) is 0 Å². The van der Waals surface area contributed by atoms with E-state index in [1.54, 1.807) is 12.1 Å². The first-order valence-corrected chi connectivity index (χ1v) is 10.1. The molecule has 1 aromatic heterocycles. The smallest absolute Gasteiger partial charge is 0.235 e. The number of para-hydroxylation sites is 1. The molecular weight excluding hydrogens is 412 g/mol. The lowest BCUT2D eigenvalue weighted by atomic mass is 10.3. The summed E-state index contributed by atoms with van der Waals surface area (Å²) in [5, 5.41) is 10.0. The molecule has 3 N–H and O–H groups in total. The van der Waals surface area contributed by atoms with Crippen LogP contribution in [-0.2, 0) is 4.79 Å². The van der Waals surface area contributed by atoms with E-state index in [4.69, 9.17) is 23.8 Å². The van der Waals surface area contributed by atoms with E-state index in [1.165, 1.54) is 18.0 Å². The van der Waals surface area contributed by atoms with Crippen LogP contribution in [0.1, 0.15) is 0 Å². The molecule has 0 aliphatic carbocycles. The number of pyridine rings is 1. The third-order valence-corrected chi connectivity index (χ3v) is 4.95. The predicted octanol–water partition coefficient (Wildman–Crippen LogP) is 5.27. The Kier molecular flexibility index (Phi) is 7.25. The van der Waals surface area contributed by atoms with Gasteiger partial charge < -0.3 is 16.0 Å². The summed E-state index contributed by atoms with van der Waals surface area (Å²) in [6, 6.07) is 20.8. The van der Waals surface area contributed by atoms with Gasteiger partial charge in [-0.15, -0.1) is 11.8 Å². The Morgan fingerprint density at radius 1 is 0.929 bits per heavy atom. The summed E-state index contributed by atoms with van der Waals surface area (Å²) >= 11 is 12.5. The average Bonchev–Trinajstić information content (AvgIpc) is 2.70. The Morgan fingerprint density at radius 2 is 1.61 bits per heavy atom. The molecule has 8 heteroatoms. The summed E-state index contributed by atoms with van der Waals surface area (Å²) < 4.78 is 0. The van der Waals surface area contributed by atoms with Gasteiger partial charge >= 0.3 is 0 Å². The third kappa shape index (κ3) is 6.53. The molecule has 0 atom stereocenters. The Balaban J connectivity index is 1.45. The van der Waals surface area contributed by atoms with Gasteiger partial charge in [-0.25, -0.2) is 4.98 Å². The normalized spacial score (nSPS) is 10.2. The molecule has 0 unspecified atom stereocenters. The zero-order valence-corrected chi connectivity index (χ0v) is 17.1. The van der Waals surface area contributed by atoms with E-state index in [9.17, 15) is 4.79 Å². The van der Waals surface area contributed by atoms with Gasteiger partial charge in [0.2, 0.25) is 5.91 Å². The Bertz CT molecular complexity index is 935. The maximum Gasteiger partial charge on any atom is 0.235 e. The number of hydrogen-bond acceptors (Lipinski definition) is 4. The van der Waals surface area contributed by atoms with E-state index in [0.717, 1.165) is 16.3 Å². The molecule has 0 saturated carbocycles. The monoisotopic (exact) mass is 428 g/mol. The van der Waals surface area contributed by atoms with Gasteiger partial charge in [0, 0.05) is 22.5 Å². The molecule has 3 rings (SSSR count). The minimum Gasteiger partial charge on any atom is -0.332 e. The lowest BCUT2D eigenvalue weighted by molar-refractivity contribution is -0.113. The van der Waals surface area contributed by atoms with Crippen molar-refractivity contribution >= 4 is 63.8 Å². The van der Waals surface area contributed by atoms with Gasteiger partial charge in [-0.1, -0.05) is 29.8 Å². The number of nitrogens with one attached hydrogen (secondary N) is 3. The van der Waals surface area contributed by atoms with Crippen LogP contribution in [0.3, 0.4) is 0 Å². The molecule has 2 aromatic carbocycles. The fourth-order valence-corrected chi connectivity index (χ4v) is 3.27. The molecule has 0 aliphatic heterocycles. The van der Waals surface area contributed by atoms with Gasteiger partial charge in [0.15, 0.2) is 5.11 Å². The number of thiocarbonyl (C=S) groups is 1. The first-order chi connectivity index (χ1) is 13.6. The standard InChI is InChI=1S/C20H17ClN4OS2/c21-14-6-11-18(22-12-14)25-19(26)13-28-17-9-7-16(8-10-17)24-20(27)23-15-4-2-1-3-5-15/h1-12H,13H2,(H,22,25,26)(H2,23,24,27). The van der Waals surface area contributed by atoms with Crippen LogP contribution in [-0.4, -0.2) is 21.8 Å². The quantitative estimate of drug-likeness (QED) is 0.367. The number of carbonyl (C=O) groups excluding carboxylic acids is 1. The molecule has 1 heterocycles. The second kappa shape index (κ2) is 10.1. The summed E-state index contributed by atoms with van der Waals surface area (Å²) in [6.45, 7) is 0. The molecule has 0 fully saturated rings. The molecule has 5 nitrogen and oxygen atoms in total. The van der Waals surface area contributed by atoms with E-state index in [0.29, 0.717) is 16.0 Å². The summed E-state index contributed by atoms with van der Waals surface area (Å²) in [6.07, 6.45) is 1.49. The molecule has 0 bridgehead atoms. The van der Waals surface area contributed by atoms with Crippen molar-refractivity contribution in [2.75, 3.05) is 21.7 Å². The Morgan fingerprint density at radius 3 is 2.25 bits per heavy atom. The van der Waals surface area contributed by atoms with Gasteiger partial charge in [0.05, 0.1) is 10.8 Å². The second-order valence-electron chi connectivity index (χ2n) is 5.67. The van der Waals surface area contributed by atoms with Crippen LogP contribution in [0, 0.1) is 0 Å². The second-order valence-corrected chi connectivity index (χ2v) is 7.56. The van der Waals surface area contributed by atoms with Crippen molar-refractivity contribution < 1.29 is 4.79 Å². The van der Waals surface area contributed by atoms with Gasteiger partial charge in [0.1, 0.15) is 5.82 Å². The van der Waals surface area contributed by atoms with Gasteiger partial charge in [-0.2, -0.15) is 0 Å². The van der Waals surface area contributed by atoms with Crippen LogP contribution < -0.4 is 16.0 Å². The molecule has 28 heavy (non-hydrogen) atoms. The van der Waals surface area contributed by atoms with Crippen molar-refractivity contribution in [1.29, 1.82) is 0 Å². The third-order valence-electron chi connectivity index (χ3n) is 3.51. The van der Waals surface area contributed by atoms with Gasteiger partial charge in [-0.05, 0) is 60.7 Å². The topological polar surface area (TPSA) is 66.1 Å². The number of rotatable bonds is 6. The molecule has 142 valence electrons. The first kappa shape index (κ1) is 20.1. The molecule has 0 radical (unpaired) electrons. The number of benzene rings is 2. The highest BCUT2D eigenvalue weighted by Gasteiger charge is 2.05. The Hall–Kier alpha value is -2.61. The number of nitrogens with zero attached hydrogens (tertiary/aromatic N) is 1. The number of halogens is 1. The minimum atomic E-state index is -0.129. The molecular formula is C20H17ClN4OS2. The van der Waals surface area contributed by atoms with E-state index < -0.39 is 0 Å². The highest BCUT2D eigenvalue weighted by molar-refractivity contribution is 8.00. The summed E-state index contributed by atoms with van der Waals surface area (Å²) in [7, 11) is 0. The highest BCUT2D eigenvalue weighted by Crippen LogP contribution is 2.21. The maximum absolute atomic E-state index is 12.0. The lowest BCUT2D eigenvalue weighted by Gasteiger charge is -2.11. The van der Waals surface area contributed by atoms with E-state index in [2.05, 4.69) is 20.9 Å². The molecule has 0 aliphatic rings. The number of aromatic nitrogens is 1. The van der Waals surface area contributed by atoms with Crippen LogP contribution in [0.5, 0.6) is 0 Å². The fourth-order valence-electron chi connectivity index (χ4n) is 2.23. The number of amides is 1. The molecule has 3 aromatic rings. The molecule has 0 spiro atoms. The zero-order chi connectivity index (χ0) is 19.8. The molecule has 1 amide bonds. The zero-order valence-electron chi connectivity index (χ0n) is 14.7. The van der Waals surface area contributed by atoms with Crippen LogP contribution in [0.15, 0.2) is 77.8 Å². The van der Waals surface area contributed by atoms with Crippen LogP contribution >= 0.6 is 35.6 Å². The average molecular weight is 429 g/mol. The van der Waals surface area contributed by atoms with Gasteiger partial charge in [0.25, 0.3) is 0 Å². The van der Waals surface area contributed by atoms with Crippen molar-refractivity contribution in [3.05, 3.63) is 77.9 Å². The van der Waals surface area contributed by atoms with Gasteiger partial charge in [-0.3, -0.25) is 4.79 Å². The van der Waals surface area contributed by atoms with Crippen molar-refractivity contribution in [2.45, 2.75) is 4.90 Å². The largest absolute Gasteiger partial charge is 0.332 e. The number of carbonyl (C=O) groups is 1. The minimum absolute atomic E-state index is 0.129. The van der Waals surface area contributed by atoms with E-state index >= 15 is 0 Å². The first-order valence-electron chi connectivity index (χ1n) is 8.36.